The highest BCUT2D eigenvalue weighted by atomic mass is 15.1. The van der Waals surface area contributed by atoms with Crippen molar-refractivity contribution in [2.24, 2.45) is 0 Å². The molecule has 6 nitrogen and oxygen atoms in total. The van der Waals surface area contributed by atoms with E-state index in [0.717, 1.165) is 64.3 Å². The van der Waals surface area contributed by atoms with Crippen LogP contribution in [0.5, 0.6) is 0 Å². The molecule has 4 aromatic heterocycles. The normalized spacial score (nSPS) is 13.0. The Bertz CT molecular complexity index is 1820. The lowest BCUT2D eigenvalue weighted by atomic mass is 10.0. The fourth-order valence-electron chi connectivity index (χ4n) is 5.11. The van der Waals surface area contributed by atoms with Gasteiger partial charge in [0, 0.05) is 41.9 Å². The Morgan fingerprint density at radius 3 is 2.66 bits per heavy atom. The maximum Gasteiger partial charge on any atom is 0.135 e. The van der Waals surface area contributed by atoms with Crippen molar-refractivity contribution in [3.05, 3.63) is 120 Å². The van der Waals surface area contributed by atoms with Crippen LogP contribution in [0.25, 0.3) is 50.2 Å². The first-order valence-corrected chi connectivity index (χ1v) is 12.8. The first kappa shape index (κ1) is 22.4. The van der Waals surface area contributed by atoms with E-state index in [0.29, 0.717) is 0 Å². The number of aromatic amines is 2. The van der Waals surface area contributed by atoms with Gasteiger partial charge in [0.05, 0.1) is 16.9 Å². The summed E-state index contributed by atoms with van der Waals surface area (Å²) >= 11 is 0. The van der Waals surface area contributed by atoms with Crippen LogP contribution in [-0.2, 0) is 13.1 Å². The lowest BCUT2D eigenvalue weighted by Gasteiger charge is -2.07. The number of H-pyrrole nitrogens is 2. The molecule has 6 aromatic rings. The third kappa shape index (κ3) is 4.21. The van der Waals surface area contributed by atoms with Crippen molar-refractivity contribution in [2.75, 3.05) is 0 Å². The van der Waals surface area contributed by atoms with Gasteiger partial charge < -0.3 is 10.3 Å². The van der Waals surface area contributed by atoms with Gasteiger partial charge in [0.15, 0.2) is 0 Å². The summed E-state index contributed by atoms with van der Waals surface area (Å²) in [6.45, 7) is 1.55. The average Bonchev–Trinajstić information content (AvgIpc) is 3.73. The monoisotopic (exact) mass is 494 g/mol. The Labute approximate surface area is 220 Å². The minimum atomic E-state index is 0.734. The molecule has 0 radical (unpaired) electrons. The lowest BCUT2D eigenvalue weighted by Crippen LogP contribution is -2.12. The highest BCUT2D eigenvalue weighted by Crippen LogP contribution is 2.34. The van der Waals surface area contributed by atoms with Crippen molar-refractivity contribution in [1.82, 2.24) is 30.5 Å². The maximum absolute atomic E-state index is 5.02. The summed E-state index contributed by atoms with van der Waals surface area (Å²) < 4.78 is 0. The van der Waals surface area contributed by atoms with E-state index in [1.165, 1.54) is 22.1 Å². The number of aromatic nitrogens is 5. The molecule has 0 fully saturated rings. The molecule has 0 spiro atoms. The molecule has 0 saturated carbocycles. The topological polar surface area (TPSA) is 82.3 Å². The van der Waals surface area contributed by atoms with E-state index < -0.39 is 0 Å². The molecule has 38 heavy (non-hydrogen) atoms. The second-order valence-electron chi connectivity index (χ2n) is 9.58. The molecule has 1 aliphatic rings. The third-order valence-corrected chi connectivity index (χ3v) is 7.00. The average molecular weight is 495 g/mol. The summed E-state index contributed by atoms with van der Waals surface area (Å²) in [6, 6.07) is 25.2. The molecule has 0 bridgehead atoms. The summed E-state index contributed by atoms with van der Waals surface area (Å²) in [5.74, 6) is 0. The van der Waals surface area contributed by atoms with Gasteiger partial charge in [-0.25, -0.2) is 4.98 Å². The molecule has 0 amide bonds. The second-order valence-corrected chi connectivity index (χ2v) is 9.58. The molecule has 7 rings (SSSR count). The van der Waals surface area contributed by atoms with Gasteiger partial charge in [0.25, 0.3) is 0 Å². The molecule has 1 aliphatic carbocycles. The molecule has 0 unspecified atom stereocenters. The molecular weight excluding hydrogens is 468 g/mol. The summed E-state index contributed by atoms with van der Waals surface area (Å²) in [6.07, 6.45) is 11.4. The SMILES string of the molecule is C1=CC(c2cccc3[nH]c(-c4n[nH]c5ccc(-c6cncc(CNCc7ccccc7)c6)nc45)cc23)=CC1. The summed E-state index contributed by atoms with van der Waals surface area (Å²) in [4.78, 5) is 13.1. The van der Waals surface area contributed by atoms with Gasteiger partial charge in [-0.2, -0.15) is 5.10 Å². The lowest BCUT2D eigenvalue weighted by molar-refractivity contribution is 0.691. The number of benzene rings is 2. The van der Waals surface area contributed by atoms with E-state index in [2.05, 4.69) is 98.3 Å². The quantitative estimate of drug-likeness (QED) is 0.228. The Morgan fingerprint density at radius 2 is 1.76 bits per heavy atom. The molecule has 0 aliphatic heterocycles. The standard InChI is InChI=1S/C32H26N6/c1-2-7-21(8-3-1)17-33-18-22-15-24(20-34-19-22)27-13-14-29-31(36-27)32(38-37-29)30-16-26-25(23-9-4-5-10-23)11-6-12-28(26)35-30/h1-4,6-16,19-20,33,35H,5,17-18H2,(H,37,38). The first-order valence-electron chi connectivity index (χ1n) is 12.8. The van der Waals surface area contributed by atoms with Gasteiger partial charge in [-0.15, -0.1) is 0 Å². The van der Waals surface area contributed by atoms with Gasteiger partial charge in [0.1, 0.15) is 11.2 Å². The molecular formula is C32H26N6. The second kappa shape index (κ2) is 9.57. The van der Waals surface area contributed by atoms with E-state index in [1.807, 2.05) is 30.6 Å². The number of rotatable bonds is 7. The van der Waals surface area contributed by atoms with Crippen LogP contribution in [0.1, 0.15) is 23.1 Å². The molecule has 184 valence electrons. The highest BCUT2D eigenvalue weighted by Gasteiger charge is 2.16. The first-order chi connectivity index (χ1) is 18.8. The van der Waals surface area contributed by atoms with E-state index in [4.69, 9.17) is 4.98 Å². The molecule has 3 N–H and O–H groups in total. The zero-order valence-corrected chi connectivity index (χ0v) is 20.8. The van der Waals surface area contributed by atoms with Crippen molar-refractivity contribution in [3.63, 3.8) is 0 Å². The van der Waals surface area contributed by atoms with E-state index >= 15 is 0 Å². The number of fused-ring (bicyclic) bond motifs is 2. The maximum atomic E-state index is 5.02. The number of nitrogens with one attached hydrogen (secondary N) is 3. The molecule has 6 heteroatoms. The van der Waals surface area contributed by atoms with Crippen LogP contribution in [0.15, 0.2) is 103 Å². The fourth-order valence-corrected chi connectivity index (χ4v) is 5.11. The van der Waals surface area contributed by atoms with Crippen LogP contribution in [0.2, 0.25) is 0 Å². The largest absolute Gasteiger partial charge is 0.353 e. The van der Waals surface area contributed by atoms with Crippen LogP contribution in [-0.4, -0.2) is 25.1 Å². The van der Waals surface area contributed by atoms with E-state index in [-0.39, 0.29) is 0 Å². The van der Waals surface area contributed by atoms with Crippen LogP contribution >= 0.6 is 0 Å². The molecule has 0 atom stereocenters. The number of allylic oxidation sites excluding steroid dienone is 4. The van der Waals surface area contributed by atoms with Crippen LogP contribution < -0.4 is 5.32 Å². The van der Waals surface area contributed by atoms with E-state index in [9.17, 15) is 0 Å². The van der Waals surface area contributed by atoms with E-state index in [1.54, 1.807) is 0 Å². The van der Waals surface area contributed by atoms with Gasteiger partial charge in [-0.3, -0.25) is 10.1 Å². The Kier molecular flexibility index (Phi) is 5.64. The fraction of sp³-hybridized carbons (Fsp3) is 0.0938. The van der Waals surface area contributed by atoms with Crippen LogP contribution in [0.3, 0.4) is 0 Å². The Balaban J connectivity index is 1.19. The highest BCUT2D eigenvalue weighted by molar-refractivity contribution is 6.00. The predicted octanol–water partition coefficient (Wildman–Crippen LogP) is 6.80. The van der Waals surface area contributed by atoms with Crippen LogP contribution in [0, 0.1) is 0 Å². The predicted molar refractivity (Wildman–Crippen MR) is 153 cm³/mol. The number of pyridine rings is 2. The Morgan fingerprint density at radius 1 is 0.842 bits per heavy atom. The summed E-state index contributed by atoms with van der Waals surface area (Å²) in [5.41, 5.74) is 11.3. The zero-order chi connectivity index (χ0) is 25.3. The molecule has 0 saturated heterocycles. The Hall–Kier alpha value is -4.81. The third-order valence-electron chi connectivity index (χ3n) is 7.00. The smallest absolute Gasteiger partial charge is 0.135 e. The minimum Gasteiger partial charge on any atom is -0.353 e. The summed E-state index contributed by atoms with van der Waals surface area (Å²) in [7, 11) is 0. The minimum absolute atomic E-state index is 0.734. The van der Waals surface area contributed by atoms with Gasteiger partial charge in [0.2, 0.25) is 0 Å². The van der Waals surface area contributed by atoms with Crippen molar-refractivity contribution >= 4 is 27.5 Å². The van der Waals surface area contributed by atoms with Crippen molar-refractivity contribution in [1.29, 1.82) is 0 Å². The van der Waals surface area contributed by atoms with Gasteiger partial charge in [-0.1, -0.05) is 60.7 Å². The van der Waals surface area contributed by atoms with Crippen molar-refractivity contribution in [3.8, 4) is 22.6 Å². The van der Waals surface area contributed by atoms with Gasteiger partial charge in [-0.05, 0) is 59.0 Å². The molecule has 2 aromatic carbocycles. The van der Waals surface area contributed by atoms with Gasteiger partial charge >= 0.3 is 0 Å². The van der Waals surface area contributed by atoms with Crippen LogP contribution in [0.4, 0.5) is 0 Å². The van der Waals surface area contributed by atoms with Crippen molar-refractivity contribution < 1.29 is 0 Å². The zero-order valence-electron chi connectivity index (χ0n) is 20.8. The summed E-state index contributed by atoms with van der Waals surface area (Å²) in [5, 5.41) is 12.5. The number of hydrogen-bond donors (Lipinski definition) is 3. The number of nitrogens with zero attached hydrogens (tertiary/aromatic N) is 3. The molecule has 4 heterocycles. The van der Waals surface area contributed by atoms with Crippen molar-refractivity contribution in [2.45, 2.75) is 19.5 Å². The number of hydrogen-bond acceptors (Lipinski definition) is 4.